The normalized spacial score (nSPS) is 16.6. The van der Waals surface area contributed by atoms with Crippen LogP contribution in [0.2, 0.25) is 0 Å². The highest BCUT2D eigenvalue weighted by atomic mass is 19.3. The van der Waals surface area contributed by atoms with Crippen molar-refractivity contribution in [2.45, 2.75) is 65.6 Å². The van der Waals surface area contributed by atoms with Gasteiger partial charge >= 0.3 is 6.01 Å². The fourth-order valence-electron chi connectivity index (χ4n) is 2.87. The quantitative estimate of drug-likeness (QED) is 0.732. The van der Waals surface area contributed by atoms with Gasteiger partial charge in [0.2, 0.25) is 5.88 Å². The predicted octanol–water partition coefficient (Wildman–Crippen LogP) is 4.26. The van der Waals surface area contributed by atoms with Crippen LogP contribution in [0.25, 0.3) is 11.3 Å². The Morgan fingerprint density at radius 2 is 1.67 bits per heavy atom. The number of aryl methyl sites for hydroxylation is 1. The summed E-state index contributed by atoms with van der Waals surface area (Å²) in [5.74, 6) is -1.66. The lowest BCUT2D eigenvalue weighted by atomic mass is 10.1. The third kappa shape index (κ3) is 5.73. The van der Waals surface area contributed by atoms with Crippen molar-refractivity contribution < 1.29 is 18.3 Å². The summed E-state index contributed by atoms with van der Waals surface area (Å²) >= 11 is 0. The van der Waals surface area contributed by atoms with E-state index in [0.717, 1.165) is 6.42 Å². The molecule has 0 atom stereocenters. The molecule has 1 fully saturated rings. The van der Waals surface area contributed by atoms with Gasteiger partial charge in [-0.1, -0.05) is 0 Å². The number of ether oxygens (including phenoxy) is 2. The van der Waals surface area contributed by atoms with Gasteiger partial charge in [-0.15, -0.1) is 0 Å². The first-order valence-corrected chi connectivity index (χ1v) is 9.79. The summed E-state index contributed by atoms with van der Waals surface area (Å²) in [5.41, 5.74) is 0.0255. The van der Waals surface area contributed by atoms with Crippen LogP contribution in [0.4, 0.5) is 14.6 Å². The summed E-state index contributed by atoms with van der Waals surface area (Å²) in [6.07, 6.45) is 2.56. The van der Waals surface area contributed by atoms with E-state index in [0.29, 0.717) is 28.8 Å². The molecule has 30 heavy (non-hydrogen) atoms. The fraction of sp³-hybridized carbons (Fsp3) is 0.571. The van der Waals surface area contributed by atoms with Gasteiger partial charge in [0.15, 0.2) is 0 Å². The zero-order chi connectivity index (χ0) is 22.3. The number of halogens is 2. The molecule has 0 aromatic carbocycles. The first-order chi connectivity index (χ1) is 13.7. The van der Waals surface area contributed by atoms with Crippen molar-refractivity contribution in [1.82, 2.24) is 19.9 Å². The molecule has 0 saturated carbocycles. The van der Waals surface area contributed by atoms with E-state index in [1.807, 2.05) is 41.5 Å². The van der Waals surface area contributed by atoms with E-state index in [2.05, 4.69) is 19.9 Å². The van der Waals surface area contributed by atoms with Crippen LogP contribution in [0.3, 0.4) is 0 Å². The van der Waals surface area contributed by atoms with Crippen LogP contribution in [-0.2, 0) is 0 Å². The topological polar surface area (TPSA) is 73.3 Å². The van der Waals surface area contributed by atoms with Gasteiger partial charge in [-0.3, -0.25) is 0 Å². The Morgan fingerprint density at radius 3 is 2.23 bits per heavy atom. The smallest absolute Gasteiger partial charge is 0.320 e. The first-order valence-electron chi connectivity index (χ1n) is 9.79. The molecule has 1 aliphatic rings. The average molecular weight is 420 g/mol. The molecule has 1 radical (unpaired) electrons. The Bertz CT molecular complexity index is 923. The monoisotopic (exact) mass is 420 g/mol. The molecule has 163 valence electrons. The van der Waals surface area contributed by atoms with Crippen molar-refractivity contribution in [2.75, 3.05) is 18.0 Å². The molecule has 2 aromatic heterocycles. The Balaban J connectivity index is 2.03. The highest BCUT2D eigenvalue weighted by Gasteiger charge is 2.39. The molecule has 7 nitrogen and oxygen atoms in total. The van der Waals surface area contributed by atoms with E-state index in [1.54, 1.807) is 19.2 Å². The second-order valence-electron chi connectivity index (χ2n) is 9.30. The van der Waals surface area contributed by atoms with Crippen LogP contribution >= 0.6 is 0 Å². The van der Waals surface area contributed by atoms with E-state index in [4.69, 9.17) is 9.47 Å². The molecule has 2 aromatic rings. The molecule has 0 unspecified atom stereocenters. The lowest BCUT2D eigenvalue weighted by Gasteiger charge is -2.24. The summed E-state index contributed by atoms with van der Waals surface area (Å²) in [4.78, 5) is 19.1. The minimum absolute atomic E-state index is 0.114. The Kier molecular flexibility index (Phi) is 5.60. The zero-order valence-corrected chi connectivity index (χ0v) is 18.5. The maximum Gasteiger partial charge on any atom is 0.320 e. The maximum absolute atomic E-state index is 13.6. The van der Waals surface area contributed by atoms with Crippen LogP contribution in [0.15, 0.2) is 12.3 Å². The van der Waals surface area contributed by atoms with Crippen LogP contribution < -0.4 is 14.4 Å². The van der Waals surface area contributed by atoms with Crippen molar-refractivity contribution in [2.24, 2.45) is 0 Å². The Morgan fingerprint density at radius 1 is 1.00 bits per heavy atom. The highest BCUT2D eigenvalue weighted by Crippen LogP contribution is 2.34. The number of hydrogen-bond donors (Lipinski definition) is 0. The third-order valence-corrected chi connectivity index (χ3v) is 3.97. The molecule has 0 aliphatic carbocycles. The number of nitrogens with zero attached hydrogens (tertiary/aromatic N) is 5. The number of anilines is 1. The second kappa shape index (κ2) is 7.59. The molecule has 1 saturated heterocycles. The molecular formula is C21H28F2N5O2. The van der Waals surface area contributed by atoms with Crippen molar-refractivity contribution >= 4 is 5.82 Å². The van der Waals surface area contributed by atoms with Crippen LogP contribution in [0.1, 0.15) is 47.4 Å². The zero-order valence-electron chi connectivity index (χ0n) is 18.5. The molecule has 0 bridgehead atoms. The Hall–Kier alpha value is -2.58. The standard InChI is InChI=1S/C21H28F2N5O2/c1-13-25-15(10-16(26-13)28-9-8-21(22,23)12-28)14-11-24-18(30-20(5,6)7)27-17(14)29-19(2,3)4/h8,10-11H,9,12H2,1-7H3. The fourth-order valence-corrected chi connectivity index (χ4v) is 2.87. The van der Waals surface area contributed by atoms with Crippen molar-refractivity contribution in [3.63, 3.8) is 0 Å². The average Bonchev–Trinajstić information content (AvgIpc) is 2.91. The Labute approximate surface area is 175 Å². The van der Waals surface area contributed by atoms with Gasteiger partial charge in [-0.25, -0.2) is 23.7 Å². The minimum Gasteiger partial charge on any atom is -0.471 e. The number of rotatable bonds is 4. The van der Waals surface area contributed by atoms with Gasteiger partial charge in [0.25, 0.3) is 5.92 Å². The van der Waals surface area contributed by atoms with E-state index in [1.165, 1.54) is 4.90 Å². The predicted molar refractivity (Wildman–Crippen MR) is 110 cm³/mol. The third-order valence-electron chi connectivity index (χ3n) is 3.97. The summed E-state index contributed by atoms with van der Waals surface area (Å²) in [7, 11) is 0. The van der Waals surface area contributed by atoms with E-state index < -0.39 is 23.7 Å². The molecule has 0 spiro atoms. The largest absolute Gasteiger partial charge is 0.471 e. The molecular weight excluding hydrogens is 392 g/mol. The maximum atomic E-state index is 13.6. The van der Waals surface area contributed by atoms with Crippen molar-refractivity contribution in [3.05, 3.63) is 24.5 Å². The van der Waals surface area contributed by atoms with Gasteiger partial charge in [-0.2, -0.15) is 4.98 Å². The van der Waals surface area contributed by atoms with Crippen molar-refractivity contribution in [3.8, 4) is 23.1 Å². The summed E-state index contributed by atoms with van der Waals surface area (Å²) in [6.45, 7) is 12.8. The van der Waals surface area contributed by atoms with Gasteiger partial charge in [-0.05, 0) is 48.5 Å². The molecule has 3 heterocycles. The summed E-state index contributed by atoms with van der Waals surface area (Å²) < 4.78 is 39.1. The van der Waals surface area contributed by atoms with Crippen LogP contribution in [-0.4, -0.2) is 50.2 Å². The molecule has 9 heteroatoms. The van der Waals surface area contributed by atoms with Gasteiger partial charge in [0.1, 0.15) is 22.8 Å². The number of aromatic nitrogens is 4. The lowest BCUT2D eigenvalue weighted by Crippen LogP contribution is -2.27. The van der Waals surface area contributed by atoms with Crippen LogP contribution in [0, 0.1) is 13.3 Å². The van der Waals surface area contributed by atoms with Gasteiger partial charge in [0, 0.05) is 18.8 Å². The minimum atomic E-state index is -2.84. The SMILES string of the molecule is Cc1nc(-c2cnc(OC(C)(C)C)nc2OC(C)(C)C)cc(N2C[CH]C(F)(F)C2)n1. The van der Waals surface area contributed by atoms with Crippen LogP contribution in [0.5, 0.6) is 11.9 Å². The molecule has 0 amide bonds. The number of hydrogen-bond acceptors (Lipinski definition) is 7. The molecule has 1 aliphatic heterocycles. The summed E-state index contributed by atoms with van der Waals surface area (Å²) in [5, 5.41) is 0. The first kappa shape index (κ1) is 22.1. The molecule has 3 rings (SSSR count). The lowest BCUT2D eigenvalue weighted by molar-refractivity contribution is 0.0619. The van der Waals surface area contributed by atoms with Gasteiger partial charge in [0.05, 0.1) is 24.2 Å². The van der Waals surface area contributed by atoms with Crippen molar-refractivity contribution in [1.29, 1.82) is 0 Å². The van der Waals surface area contributed by atoms with Gasteiger partial charge < -0.3 is 14.4 Å². The summed E-state index contributed by atoms with van der Waals surface area (Å²) in [6, 6.07) is 1.84. The molecule has 0 N–H and O–H groups in total. The van der Waals surface area contributed by atoms with E-state index in [9.17, 15) is 8.78 Å². The highest BCUT2D eigenvalue weighted by molar-refractivity contribution is 5.67. The van der Waals surface area contributed by atoms with E-state index >= 15 is 0 Å². The van der Waals surface area contributed by atoms with E-state index in [-0.39, 0.29) is 12.6 Å². The second-order valence-corrected chi connectivity index (χ2v) is 9.30. The number of alkyl halides is 2.